The smallest absolute Gasteiger partial charge is 0.316 e. The quantitative estimate of drug-likeness (QED) is 0.397. The molecule has 0 aliphatic heterocycles. The third kappa shape index (κ3) is 5.26. The van der Waals surface area contributed by atoms with Crippen molar-refractivity contribution in [2.45, 2.75) is 18.7 Å². The van der Waals surface area contributed by atoms with E-state index in [0.29, 0.717) is 17.1 Å². The molecule has 138 valence electrons. The van der Waals surface area contributed by atoms with E-state index in [0.717, 1.165) is 16.0 Å². The summed E-state index contributed by atoms with van der Waals surface area (Å²) in [4.78, 5) is 25.4. The van der Waals surface area contributed by atoms with Crippen LogP contribution in [-0.2, 0) is 9.53 Å². The van der Waals surface area contributed by atoms with Gasteiger partial charge in [0.2, 0.25) is 5.78 Å². The summed E-state index contributed by atoms with van der Waals surface area (Å²) in [5, 5.41) is 0. The number of aryl methyl sites for hydroxylation is 2. The Morgan fingerprint density at radius 3 is 2.46 bits per heavy atom. The Balaban J connectivity index is 1.93. The molecular formula is C20H22O5S. The van der Waals surface area contributed by atoms with Crippen LogP contribution in [-0.4, -0.2) is 38.3 Å². The lowest BCUT2D eigenvalue weighted by atomic mass is 10.1. The normalized spacial score (nSPS) is 10.3. The molecule has 0 saturated carbocycles. The molecule has 0 unspecified atom stereocenters. The third-order valence-electron chi connectivity index (χ3n) is 3.76. The van der Waals surface area contributed by atoms with Crippen LogP contribution in [0.3, 0.4) is 0 Å². The molecule has 0 aromatic heterocycles. The van der Waals surface area contributed by atoms with Gasteiger partial charge in [-0.25, -0.2) is 0 Å². The van der Waals surface area contributed by atoms with Crippen LogP contribution in [0.4, 0.5) is 0 Å². The Bertz CT molecular complexity index is 801. The second kappa shape index (κ2) is 9.29. The van der Waals surface area contributed by atoms with Crippen LogP contribution >= 0.6 is 11.8 Å². The molecule has 0 saturated heterocycles. The highest BCUT2D eigenvalue weighted by atomic mass is 32.2. The Morgan fingerprint density at radius 2 is 1.77 bits per heavy atom. The number of Topliss-reactive ketones (excluding diaryl/α,β-unsaturated/α-hetero) is 1. The number of ether oxygens (including phenoxy) is 3. The summed E-state index contributed by atoms with van der Waals surface area (Å²) in [6.45, 7) is 3.66. The van der Waals surface area contributed by atoms with Crippen molar-refractivity contribution in [3.63, 3.8) is 0 Å². The van der Waals surface area contributed by atoms with Crippen molar-refractivity contribution in [3.05, 3.63) is 53.1 Å². The number of methoxy groups -OCH3 is 2. The molecule has 0 atom stereocenters. The summed E-state index contributed by atoms with van der Waals surface area (Å²) in [6, 6.07) is 11.0. The van der Waals surface area contributed by atoms with Crippen LogP contribution in [0.1, 0.15) is 21.5 Å². The summed E-state index contributed by atoms with van der Waals surface area (Å²) >= 11 is 1.40. The molecule has 0 heterocycles. The molecule has 0 aliphatic carbocycles. The van der Waals surface area contributed by atoms with Gasteiger partial charge in [0.05, 0.1) is 25.5 Å². The Morgan fingerprint density at radius 1 is 1.00 bits per heavy atom. The van der Waals surface area contributed by atoms with Crippen molar-refractivity contribution >= 4 is 23.5 Å². The average molecular weight is 374 g/mol. The van der Waals surface area contributed by atoms with Gasteiger partial charge < -0.3 is 14.2 Å². The van der Waals surface area contributed by atoms with E-state index in [1.807, 2.05) is 32.0 Å². The van der Waals surface area contributed by atoms with Gasteiger partial charge in [-0.3, -0.25) is 9.59 Å². The van der Waals surface area contributed by atoms with Crippen LogP contribution < -0.4 is 9.47 Å². The largest absolute Gasteiger partial charge is 0.497 e. The fourth-order valence-electron chi connectivity index (χ4n) is 2.30. The first-order chi connectivity index (χ1) is 12.4. The minimum Gasteiger partial charge on any atom is -0.497 e. The van der Waals surface area contributed by atoms with E-state index in [2.05, 4.69) is 0 Å². The molecule has 0 fully saturated rings. The maximum atomic E-state index is 12.4. The van der Waals surface area contributed by atoms with Gasteiger partial charge in [-0.1, -0.05) is 17.7 Å². The van der Waals surface area contributed by atoms with Crippen LogP contribution in [0.2, 0.25) is 0 Å². The van der Waals surface area contributed by atoms with E-state index in [4.69, 9.17) is 14.2 Å². The van der Waals surface area contributed by atoms with E-state index in [1.165, 1.54) is 26.0 Å². The second-order valence-corrected chi connectivity index (χ2v) is 6.72. The van der Waals surface area contributed by atoms with Gasteiger partial charge in [0.15, 0.2) is 6.61 Å². The molecule has 0 spiro atoms. The molecule has 0 N–H and O–H groups in total. The first-order valence-electron chi connectivity index (χ1n) is 8.05. The minimum absolute atomic E-state index is 0.146. The predicted octanol–water partition coefficient (Wildman–Crippen LogP) is 3.84. The van der Waals surface area contributed by atoms with Gasteiger partial charge in [-0.05, 0) is 43.7 Å². The van der Waals surface area contributed by atoms with Crippen LogP contribution in [0.5, 0.6) is 11.5 Å². The topological polar surface area (TPSA) is 61.8 Å². The van der Waals surface area contributed by atoms with Gasteiger partial charge in [-0.15, -0.1) is 11.8 Å². The molecule has 5 nitrogen and oxygen atoms in total. The zero-order chi connectivity index (χ0) is 19.1. The number of ketones is 1. The number of thioether (sulfide) groups is 1. The van der Waals surface area contributed by atoms with E-state index in [1.54, 1.807) is 18.2 Å². The molecule has 0 radical (unpaired) electrons. The summed E-state index contributed by atoms with van der Waals surface area (Å²) in [6.07, 6.45) is 0. The van der Waals surface area contributed by atoms with Crippen molar-refractivity contribution in [2.24, 2.45) is 0 Å². The van der Waals surface area contributed by atoms with Crippen molar-refractivity contribution < 1.29 is 23.8 Å². The molecule has 0 bridgehead atoms. The van der Waals surface area contributed by atoms with E-state index < -0.39 is 5.97 Å². The van der Waals surface area contributed by atoms with E-state index in [-0.39, 0.29) is 18.1 Å². The van der Waals surface area contributed by atoms with Crippen LogP contribution in [0.25, 0.3) is 0 Å². The average Bonchev–Trinajstić information content (AvgIpc) is 2.66. The minimum atomic E-state index is -0.439. The standard InChI is InChI=1S/C20H22O5S/c1-13-5-6-14(2)19(9-13)26-12-20(22)25-11-17(21)16-10-15(23-3)7-8-18(16)24-4/h5-10H,11-12H2,1-4H3. The van der Waals surface area contributed by atoms with Gasteiger partial charge in [0.1, 0.15) is 11.5 Å². The number of hydrogen-bond acceptors (Lipinski definition) is 6. The van der Waals surface area contributed by atoms with Crippen LogP contribution in [0.15, 0.2) is 41.3 Å². The maximum absolute atomic E-state index is 12.4. The van der Waals surface area contributed by atoms with Gasteiger partial charge in [0, 0.05) is 4.90 Å². The van der Waals surface area contributed by atoms with Crippen molar-refractivity contribution in [3.8, 4) is 11.5 Å². The van der Waals surface area contributed by atoms with E-state index >= 15 is 0 Å². The molecule has 2 aromatic carbocycles. The number of rotatable bonds is 8. The highest BCUT2D eigenvalue weighted by Crippen LogP contribution is 2.25. The third-order valence-corrected chi connectivity index (χ3v) is 4.89. The molecule has 6 heteroatoms. The highest BCUT2D eigenvalue weighted by molar-refractivity contribution is 8.00. The number of esters is 1. The van der Waals surface area contributed by atoms with Gasteiger partial charge in [-0.2, -0.15) is 0 Å². The SMILES string of the molecule is COc1ccc(OC)c(C(=O)COC(=O)CSc2cc(C)ccc2C)c1. The zero-order valence-corrected chi connectivity index (χ0v) is 16.1. The first kappa shape index (κ1) is 19.8. The fraction of sp³-hybridized carbons (Fsp3) is 0.300. The fourth-order valence-corrected chi connectivity index (χ4v) is 3.22. The summed E-state index contributed by atoms with van der Waals surface area (Å²) in [5.41, 5.74) is 2.55. The summed E-state index contributed by atoms with van der Waals surface area (Å²) < 4.78 is 15.4. The Labute approximate surface area is 157 Å². The zero-order valence-electron chi connectivity index (χ0n) is 15.3. The molecule has 0 amide bonds. The number of carbonyl (C=O) groups is 2. The summed E-state index contributed by atoms with van der Waals surface area (Å²) in [5.74, 6) is 0.312. The summed E-state index contributed by atoms with van der Waals surface area (Å²) in [7, 11) is 2.99. The Hall–Kier alpha value is -2.47. The van der Waals surface area contributed by atoms with Crippen molar-refractivity contribution in [2.75, 3.05) is 26.6 Å². The van der Waals surface area contributed by atoms with Crippen LogP contribution in [0, 0.1) is 13.8 Å². The molecule has 2 rings (SSSR count). The van der Waals surface area contributed by atoms with Gasteiger partial charge in [0.25, 0.3) is 0 Å². The lowest BCUT2D eigenvalue weighted by molar-refractivity contribution is -0.139. The Kier molecular flexibility index (Phi) is 7.09. The molecule has 26 heavy (non-hydrogen) atoms. The molecule has 2 aromatic rings. The lowest BCUT2D eigenvalue weighted by Gasteiger charge is -2.10. The lowest BCUT2D eigenvalue weighted by Crippen LogP contribution is -2.16. The number of carbonyl (C=O) groups excluding carboxylic acids is 2. The second-order valence-electron chi connectivity index (χ2n) is 5.71. The van der Waals surface area contributed by atoms with Crippen molar-refractivity contribution in [1.82, 2.24) is 0 Å². The van der Waals surface area contributed by atoms with Gasteiger partial charge >= 0.3 is 5.97 Å². The number of hydrogen-bond donors (Lipinski definition) is 0. The monoisotopic (exact) mass is 374 g/mol. The van der Waals surface area contributed by atoms with E-state index in [9.17, 15) is 9.59 Å². The number of benzene rings is 2. The predicted molar refractivity (Wildman–Crippen MR) is 101 cm³/mol. The van der Waals surface area contributed by atoms with Crippen molar-refractivity contribution in [1.29, 1.82) is 0 Å². The molecular weight excluding hydrogens is 352 g/mol. The first-order valence-corrected chi connectivity index (χ1v) is 9.04. The highest BCUT2D eigenvalue weighted by Gasteiger charge is 2.16. The molecule has 0 aliphatic rings. The maximum Gasteiger partial charge on any atom is 0.316 e.